The maximum absolute atomic E-state index is 13.0. The molecule has 0 heterocycles. The van der Waals surface area contributed by atoms with Gasteiger partial charge in [0.1, 0.15) is 5.75 Å². The third-order valence-electron chi connectivity index (χ3n) is 5.92. The smallest absolute Gasteiger partial charge is 0.411 e. The van der Waals surface area contributed by atoms with Crippen LogP contribution in [0.5, 0.6) is 5.75 Å². The van der Waals surface area contributed by atoms with Crippen LogP contribution in [0, 0.1) is 6.92 Å². The van der Waals surface area contributed by atoms with Crippen LogP contribution in [-0.2, 0) is 10.8 Å². The summed E-state index contributed by atoms with van der Waals surface area (Å²) in [7, 11) is 0. The monoisotopic (exact) mass is 405 g/mol. The van der Waals surface area contributed by atoms with Crippen LogP contribution in [0.1, 0.15) is 62.8 Å². The highest BCUT2D eigenvalue weighted by Crippen LogP contribution is 2.48. The first-order valence-corrected chi connectivity index (χ1v) is 9.57. The Morgan fingerprint density at radius 3 is 2.10 bits per heavy atom. The van der Waals surface area contributed by atoms with Crippen LogP contribution in [0.3, 0.4) is 0 Å². The summed E-state index contributed by atoms with van der Waals surface area (Å²) < 4.78 is 43.3. The van der Waals surface area contributed by atoms with Gasteiger partial charge in [0.05, 0.1) is 6.21 Å². The van der Waals surface area contributed by atoms with Crippen LogP contribution in [-0.4, -0.2) is 17.8 Å². The fourth-order valence-corrected chi connectivity index (χ4v) is 4.13. The van der Waals surface area contributed by atoms with Gasteiger partial charge in [-0.1, -0.05) is 38.9 Å². The summed E-state index contributed by atoms with van der Waals surface area (Å²) in [6.45, 7) is 10.6. The Bertz CT molecular complexity index is 959. The van der Waals surface area contributed by atoms with Crippen LogP contribution in [0.4, 0.5) is 13.2 Å². The second kappa shape index (κ2) is 7.08. The number of fused-ring (bicyclic) bond motifs is 1. The van der Waals surface area contributed by atoms with Gasteiger partial charge < -0.3 is 9.94 Å². The molecule has 0 fully saturated rings. The Morgan fingerprint density at radius 1 is 0.966 bits per heavy atom. The van der Waals surface area contributed by atoms with Crippen molar-refractivity contribution in [3.05, 3.63) is 52.6 Å². The van der Waals surface area contributed by atoms with Gasteiger partial charge in [0, 0.05) is 5.56 Å². The lowest BCUT2D eigenvalue weighted by Crippen LogP contribution is -2.34. The number of rotatable bonds is 3. The maximum atomic E-state index is 13.0. The number of oxime groups is 1. The molecule has 0 bridgehead atoms. The Hall–Kier alpha value is -2.50. The number of alkyl halides is 3. The molecule has 0 aromatic heterocycles. The fraction of sp³-hybridized carbons (Fsp3) is 0.435. The van der Waals surface area contributed by atoms with Gasteiger partial charge in [-0.15, -0.1) is 13.2 Å². The van der Waals surface area contributed by atoms with E-state index in [-0.39, 0.29) is 16.6 Å². The topological polar surface area (TPSA) is 41.8 Å². The average molecular weight is 405 g/mol. The minimum atomic E-state index is -4.80. The van der Waals surface area contributed by atoms with Crippen molar-refractivity contribution in [3.63, 3.8) is 0 Å². The van der Waals surface area contributed by atoms with E-state index in [9.17, 15) is 13.2 Å². The molecule has 1 N–H and O–H groups in total. The van der Waals surface area contributed by atoms with Gasteiger partial charge in [0.2, 0.25) is 0 Å². The van der Waals surface area contributed by atoms with E-state index >= 15 is 0 Å². The van der Waals surface area contributed by atoms with E-state index in [0.29, 0.717) is 16.7 Å². The summed E-state index contributed by atoms with van der Waals surface area (Å²) in [6.07, 6.45) is -1.57. The molecule has 0 unspecified atom stereocenters. The summed E-state index contributed by atoms with van der Waals surface area (Å²) in [5.41, 5.74) is 4.66. The normalized spacial score (nSPS) is 17.9. The molecule has 0 aliphatic heterocycles. The minimum absolute atomic E-state index is 0.00480. The van der Waals surface area contributed by atoms with Gasteiger partial charge in [-0.3, -0.25) is 0 Å². The number of hydrogen-bond donors (Lipinski definition) is 1. The van der Waals surface area contributed by atoms with E-state index in [1.165, 1.54) is 23.9 Å². The average Bonchev–Trinajstić information content (AvgIpc) is 2.59. The molecule has 1 aliphatic rings. The number of aryl methyl sites for hydroxylation is 1. The van der Waals surface area contributed by atoms with Crippen LogP contribution in [0.25, 0.3) is 11.1 Å². The zero-order valence-corrected chi connectivity index (χ0v) is 17.3. The lowest BCUT2D eigenvalue weighted by atomic mass is 9.62. The van der Waals surface area contributed by atoms with Crippen molar-refractivity contribution in [1.82, 2.24) is 0 Å². The van der Waals surface area contributed by atoms with E-state index in [2.05, 4.69) is 43.7 Å². The molecule has 0 amide bonds. The molecule has 156 valence electrons. The first-order chi connectivity index (χ1) is 13.3. The lowest BCUT2D eigenvalue weighted by molar-refractivity contribution is -0.274. The summed E-state index contributed by atoms with van der Waals surface area (Å²) >= 11 is 0. The van der Waals surface area contributed by atoms with Gasteiger partial charge >= 0.3 is 6.36 Å². The SMILES string of the molecule is Cc1cc2c(cc1-c1cc(/C=N/O)ccc1OC(F)(F)F)C(C)(C)CCC2(C)C. The predicted molar refractivity (Wildman–Crippen MR) is 108 cm³/mol. The number of nitrogens with zero attached hydrogens (tertiary/aromatic N) is 1. The number of hydrogen-bond acceptors (Lipinski definition) is 3. The fourth-order valence-electron chi connectivity index (χ4n) is 4.13. The molecule has 0 atom stereocenters. The van der Waals surface area contributed by atoms with Crippen molar-refractivity contribution in [2.75, 3.05) is 0 Å². The zero-order valence-electron chi connectivity index (χ0n) is 17.3. The summed E-state index contributed by atoms with van der Waals surface area (Å²) in [6, 6.07) is 8.33. The number of benzene rings is 2. The van der Waals surface area contributed by atoms with Gasteiger partial charge in [-0.05, 0) is 82.7 Å². The lowest BCUT2D eigenvalue weighted by Gasteiger charge is -2.42. The van der Waals surface area contributed by atoms with Crippen molar-refractivity contribution in [1.29, 1.82) is 0 Å². The van der Waals surface area contributed by atoms with E-state index < -0.39 is 6.36 Å². The van der Waals surface area contributed by atoms with Crippen LogP contribution >= 0.6 is 0 Å². The van der Waals surface area contributed by atoms with Crippen LogP contribution < -0.4 is 4.74 Å². The first-order valence-electron chi connectivity index (χ1n) is 9.57. The highest BCUT2D eigenvalue weighted by Gasteiger charge is 2.38. The maximum Gasteiger partial charge on any atom is 0.573 e. The third kappa shape index (κ3) is 4.26. The van der Waals surface area contributed by atoms with Crippen molar-refractivity contribution in [2.24, 2.45) is 5.16 Å². The van der Waals surface area contributed by atoms with Gasteiger partial charge in [-0.2, -0.15) is 0 Å². The Balaban J connectivity index is 2.26. The molecule has 2 aromatic carbocycles. The van der Waals surface area contributed by atoms with Crippen LogP contribution in [0.2, 0.25) is 0 Å². The van der Waals surface area contributed by atoms with E-state index in [1.807, 2.05) is 13.0 Å². The molecular weight excluding hydrogens is 379 g/mol. The largest absolute Gasteiger partial charge is 0.573 e. The molecule has 0 spiro atoms. The van der Waals surface area contributed by atoms with E-state index in [1.54, 1.807) is 6.07 Å². The predicted octanol–water partition coefficient (Wildman–Crippen LogP) is 6.72. The third-order valence-corrected chi connectivity index (χ3v) is 5.92. The zero-order chi connectivity index (χ0) is 21.6. The van der Waals surface area contributed by atoms with Crippen molar-refractivity contribution < 1.29 is 23.1 Å². The van der Waals surface area contributed by atoms with Crippen LogP contribution in [0.15, 0.2) is 35.5 Å². The Kier molecular flexibility index (Phi) is 5.18. The molecule has 3 rings (SSSR count). The summed E-state index contributed by atoms with van der Waals surface area (Å²) in [4.78, 5) is 0. The Labute approximate surface area is 169 Å². The van der Waals surface area contributed by atoms with Crippen molar-refractivity contribution >= 4 is 6.21 Å². The van der Waals surface area contributed by atoms with Gasteiger partial charge in [-0.25, -0.2) is 0 Å². The molecule has 6 heteroatoms. The van der Waals surface area contributed by atoms with E-state index in [4.69, 9.17) is 5.21 Å². The molecule has 29 heavy (non-hydrogen) atoms. The Morgan fingerprint density at radius 2 is 1.55 bits per heavy atom. The minimum Gasteiger partial charge on any atom is -0.411 e. The highest BCUT2D eigenvalue weighted by molar-refractivity contribution is 5.85. The molecule has 0 saturated heterocycles. The highest BCUT2D eigenvalue weighted by atomic mass is 19.4. The molecule has 1 aliphatic carbocycles. The first kappa shape index (κ1) is 21.2. The molecule has 3 nitrogen and oxygen atoms in total. The second-order valence-corrected chi connectivity index (χ2v) is 9.03. The second-order valence-electron chi connectivity index (χ2n) is 9.03. The molecular formula is C23H26F3NO2. The summed E-state index contributed by atoms with van der Waals surface area (Å²) in [5, 5.41) is 11.8. The molecule has 0 radical (unpaired) electrons. The van der Waals surface area contributed by atoms with Gasteiger partial charge in [0.25, 0.3) is 0 Å². The summed E-state index contributed by atoms with van der Waals surface area (Å²) in [5.74, 6) is -0.275. The number of ether oxygens (including phenoxy) is 1. The van der Waals surface area contributed by atoms with E-state index in [0.717, 1.165) is 24.0 Å². The van der Waals surface area contributed by atoms with Crippen molar-refractivity contribution in [2.45, 2.75) is 64.7 Å². The standard InChI is InChI=1S/C23H26F3NO2/c1-14-10-18-19(22(4,5)9-8-21(18,2)3)12-16(14)17-11-15(13-27-28)6-7-20(17)29-23(24,25)26/h6-7,10-13,28H,8-9H2,1-5H3/b27-13+. The van der Waals surface area contributed by atoms with Gasteiger partial charge in [0.15, 0.2) is 0 Å². The van der Waals surface area contributed by atoms with Crippen molar-refractivity contribution in [3.8, 4) is 16.9 Å². The molecule has 0 saturated carbocycles. The quantitative estimate of drug-likeness (QED) is 0.350. The molecule has 2 aromatic rings. The number of halogens is 3.